The zero-order chi connectivity index (χ0) is 14.0. The molecule has 19 heavy (non-hydrogen) atoms. The second kappa shape index (κ2) is 5.50. The van der Waals surface area contributed by atoms with E-state index in [9.17, 15) is 14.4 Å². The molecule has 5 nitrogen and oxygen atoms in total. The predicted octanol–water partition coefficient (Wildman–Crippen LogP) is 0.870. The largest absolute Gasteiger partial charge is 0.294 e. The van der Waals surface area contributed by atoms with Crippen molar-refractivity contribution in [3.63, 3.8) is 0 Å². The molecule has 0 radical (unpaired) electrons. The third-order valence-corrected chi connectivity index (χ3v) is 3.30. The summed E-state index contributed by atoms with van der Waals surface area (Å²) in [5.41, 5.74) is 0.509. The minimum atomic E-state index is -0.492. The number of rotatable bonds is 3. The number of halogens is 1. The lowest BCUT2D eigenvalue weighted by Gasteiger charge is -2.30. The molecule has 2 rings (SSSR count). The van der Waals surface area contributed by atoms with Crippen molar-refractivity contribution in [2.75, 3.05) is 13.1 Å². The minimum absolute atomic E-state index is 0.0297. The predicted molar refractivity (Wildman–Crippen MR) is 70.0 cm³/mol. The minimum Gasteiger partial charge on any atom is -0.294 e. The molecule has 0 aliphatic carbocycles. The molecule has 0 aromatic heterocycles. The van der Waals surface area contributed by atoms with Gasteiger partial charge in [0.2, 0.25) is 11.8 Å². The van der Waals surface area contributed by atoms with Crippen LogP contribution in [0, 0.1) is 0 Å². The van der Waals surface area contributed by atoms with E-state index in [1.54, 1.807) is 36.1 Å². The molecule has 0 saturated carbocycles. The molecule has 1 unspecified atom stereocenters. The van der Waals surface area contributed by atoms with Gasteiger partial charge in [0.15, 0.2) is 5.78 Å². The zero-order valence-electron chi connectivity index (χ0n) is 10.4. The van der Waals surface area contributed by atoms with E-state index < -0.39 is 6.04 Å². The van der Waals surface area contributed by atoms with Gasteiger partial charge in [-0.25, -0.2) is 0 Å². The smallest absolute Gasteiger partial charge is 0.243 e. The van der Waals surface area contributed by atoms with Gasteiger partial charge in [-0.2, -0.15) is 0 Å². The van der Waals surface area contributed by atoms with E-state index in [1.165, 1.54) is 0 Å². The Bertz CT molecular complexity index is 527. The number of carbonyl (C=O) groups is 3. The first-order chi connectivity index (χ1) is 8.97. The molecule has 1 atom stereocenters. The van der Waals surface area contributed by atoms with E-state index in [-0.39, 0.29) is 30.7 Å². The van der Waals surface area contributed by atoms with E-state index in [4.69, 9.17) is 11.6 Å². The van der Waals surface area contributed by atoms with Gasteiger partial charge in [-0.15, -0.1) is 0 Å². The second-order valence-electron chi connectivity index (χ2n) is 4.42. The van der Waals surface area contributed by atoms with Crippen LogP contribution in [-0.2, 0) is 9.59 Å². The molecule has 1 aromatic carbocycles. The highest BCUT2D eigenvalue weighted by atomic mass is 35.5. The van der Waals surface area contributed by atoms with Crippen molar-refractivity contribution in [3.8, 4) is 0 Å². The van der Waals surface area contributed by atoms with Crippen LogP contribution in [0.5, 0.6) is 0 Å². The second-order valence-corrected chi connectivity index (χ2v) is 4.86. The van der Waals surface area contributed by atoms with Gasteiger partial charge in [-0.1, -0.05) is 11.6 Å². The molecule has 100 valence electrons. The van der Waals surface area contributed by atoms with E-state index in [1.807, 2.05) is 0 Å². The van der Waals surface area contributed by atoms with Crippen LogP contribution >= 0.6 is 11.6 Å². The summed E-state index contributed by atoms with van der Waals surface area (Å²) in [7, 11) is 0. The number of hydrogen-bond donors (Lipinski definition) is 1. The molecule has 1 N–H and O–H groups in total. The summed E-state index contributed by atoms with van der Waals surface area (Å²) in [6.45, 7) is 1.74. The number of amides is 2. The lowest BCUT2D eigenvalue weighted by Crippen LogP contribution is -2.57. The van der Waals surface area contributed by atoms with Crippen LogP contribution in [-0.4, -0.2) is 41.6 Å². The number of imide groups is 1. The van der Waals surface area contributed by atoms with Crippen molar-refractivity contribution >= 4 is 29.2 Å². The first kappa shape index (κ1) is 13.7. The van der Waals surface area contributed by atoms with Crippen molar-refractivity contribution in [3.05, 3.63) is 34.9 Å². The summed E-state index contributed by atoms with van der Waals surface area (Å²) in [5, 5.41) is 2.78. The number of hydrogen-bond acceptors (Lipinski definition) is 4. The third-order valence-electron chi connectivity index (χ3n) is 3.05. The van der Waals surface area contributed by atoms with Gasteiger partial charge in [0, 0.05) is 10.6 Å². The van der Waals surface area contributed by atoms with Gasteiger partial charge in [0.25, 0.3) is 0 Å². The third kappa shape index (κ3) is 3.19. The summed E-state index contributed by atoms with van der Waals surface area (Å²) in [4.78, 5) is 36.4. The summed E-state index contributed by atoms with van der Waals surface area (Å²) >= 11 is 5.75. The molecule has 1 aliphatic heterocycles. The fraction of sp³-hybridized carbons (Fsp3) is 0.308. The van der Waals surface area contributed by atoms with Crippen LogP contribution in [0.2, 0.25) is 5.02 Å². The lowest BCUT2D eigenvalue weighted by molar-refractivity contribution is -0.139. The summed E-state index contributed by atoms with van der Waals surface area (Å²) < 4.78 is 0. The fourth-order valence-corrected chi connectivity index (χ4v) is 2.00. The highest BCUT2D eigenvalue weighted by molar-refractivity contribution is 6.30. The van der Waals surface area contributed by atoms with Crippen LogP contribution in [0.1, 0.15) is 17.3 Å². The lowest BCUT2D eigenvalue weighted by atomic mass is 10.1. The van der Waals surface area contributed by atoms with Gasteiger partial charge < -0.3 is 0 Å². The number of nitrogens with zero attached hydrogens (tertiary/aromatic N) is 1. The maximum Gasteiger partial charge on any atom is 0.243 e. The Kier molecular flexibility index (Phi) is 3.97. The van der Waals surface area contributed by atoms with Crippen molar-refractivity contribution < 1.29 is 14.4 Å². The van der Waals surface area contributed by atoms with E-state index in [0.29, 0.717) is 10.6 Å². The molecule has 1 aromatic rings. The van der Waals surface area contributed by atoms with Gasteiger partial charge in [0.05, 0.1) is 19.1 Å². The number of nitrogens with one attached hydrogen (secondary N) is 1. The monoisotopic (exact) mass is 280 g/mol. The zero-order valence-corrected chi connectivity index (χ0v) is 11.1. The van der Waals surface area contributed by atoms with Gasteiger partial charge in [-0.05, 0) is 31.2 Å². The Labute approximate surface area is 115 Å². The van der Waals surface area contributed by atoms with E-state index in [0.717, 1.165) is 0 Å². The van der Waals surface area contributed by atoms with Crippen LogP contribution in [0.25, 0.3) is 0 Å². The van der Waals surface area contributed by atoms with Gasteiger partial charge >= 0.3 is 0 Å². The molecule has 0 spiro atoms. The molecular formula is C13H13ClN2O3. The first-order valence-corrected chi connectivity index (χ1v) is 6.21. The standard InChI is InChI=1S/C13H13ClN2O3/c1-8-13(19)15-12(18)7-16(8)6-11(17)9-2-4-10(14)5-3-9/h2-5,8H,6-7H2,1H3,(H,15,18,19). The number of carbonyl (C=O) groups excluding carboxylic acids is 3. The normalized spacial score (nSPS) is 20.2. The average molecular weight is 281 g/mol. The molecule has 2 amide bonds. The quantitative estimate of drug-likeness (QED) is 0.659. The maximum atomic E-state index is 12.1. The molecule has 1 saturated heterocycles. The molecule has 1 aliphatic rings. The number of ketones is 1. The highest BCUT2D eigenvalue weighted by Crippen LogP contribution is 2.12. The molecule has 0 bridgehead atoms. The van der Waals surface area contributed by atoms with Crippen molar-refractivity contribution in [2.24, 2.45) is 0 Å². The first-order valence-electron chi connectivity index (χ1n) is 5.84. The van der Waals surface area contributed by atoms with Crippen LogP contribution in [0.15, 0.2) is 24.3 Å². The Morgan fingerprint density at radius 3 is 2.63 bits per heavy atom. The summed E-state index contributed by atoms with van der Waals surface area (Å²) in [6.07, 6.45) is 0. The topological polar surface area (TPSA) is 66.5 Å². The van der Waals surface area contributed by atoms with Crippen molar-refractivity contribution in [2.45, 2.75) is 13.0 Å². The molecule has 6 heteroatoms. The molecule has 1 fully saturated rings. The van der Waals surface area contributed by atoms with Crippen LogP contribution in [0.3, 0.4) is 0 Å². The highest BCUT2D eigenvalue weighted by Gasteiger charge is 2.31. The Balaban J connectivity index is 2.07. The van der Waals surface area contributed by atoms with E-state index in [2.05, 4.69) is 5.32 Å². The SMILES string of the molecule is CC1C(=O)NC(=O)CN1CC(=O)c1ccc(Cl)cc1. The van der Waals surface area contributed by atoms with E-state index >= 15 is 0 Å². The summed E-state index contributed by atoms with van der Waals surface area (Å²) in [6, 6.07) is 6.02. The Morgan fingerprint density at radius 1 is 1.37 bits per heavy atom. The molecule has 1 heterocycles. The number of piperazine rings is 1. The molecular weight excluding hydrogens is 268 g/mol. The Morgan fingerprint density at radius 2 is 2.00 bits per heavy atom. The van der Waals surface area contributed by atoms with Gasteiger partial charge in [0.1, 0.15) is 0 Å². The number of benzene rings is 1. The van der Waals surface area contributed by atoms with Crippen LogP contribution < -0.4 is 5.32 Å². The van der Waals surface area contributed by atoms with Gasteiger partial charge in [-0.3, -0.25) is 24.6 Å². The van der Waals surface area contributed by atoms with Crippen molar-refractivity contribution in [1.29, 1.82) is 0 Å². The van der Waals surface area contributed by atoms with Crippen molar-refractivity contribution in [1.82, 2.24) is 10.2 Å². The van der Waals surface area contributed by atoms with Crippen LogP contribution in [0.4, 0.5) is 0 Å². The summed E-state index contributed by atoms with van der Waals surface area (Å²) in [5.74, 6) is -0.904. The Hall–Kier alpha value is -1.72. The fourth-order valence-electron chi connectivity index (χ4n) is 1.87. The average Bonchev–Trinajstić information content (AvgIpc) is 2.36. The number of Topliss-reactive ketones (excluding diaryl/α,β-unsaturated/α-hetero) is 1. The maximum absolute atomic E-state index is 12.1.